The van der Waals surface area contributed by atoms with Gasteiger partial charge in [0.1, 0.15) is 5.01 Å². The fourth-order valence-corrected chi connectivity index (χ4v) is 1.40. The van der Waals surface area contributed by atoms with E-state index in [0.29, 0.717) is 13.0 Å². The Balaban J connectivity index is 2.70. The number of nitrogens with zero attached hydrogens (tertiary/aromatic N) is 2. The Morgan fingerprint density at radius 3 is 2.91 bits per heavy atom. The number of aromatic nitrogens is 2. The summed E-state index contributed by atoms with van der Waals surface area (Å²) in [7, 11) is 0. The average Bonchev–Trinajstić information content (AvgIpc) is 2.26. The van der Waals surface area contributed by atoms with Gasteiger partial charge in [0.05, 0.1) is 0 Å². The van der Waals surface area contributed by atoms with E-state index in [1.807, 2.05) is 0 Å². The standard InChI is InChI=1S/C6H10N2O2S/c1-5-7-8(3-2-4-9)6(10)11-5/h9H,2-4H2,1H3. The summed E-state index contributed by atoms with van der Waals surface area (Å²) in [6, 6.07) is 0. The number of hydrogen-bond acceptors (Lipinski definition) is 4. The highest BCUT2D eigenvalue weighted by Crippen LogP contribution is 1.94. The van der Waals surface area contributed by atoms with E-state index < -0.39 is 0 Å². The Labute approximate surface area is 68.1 Å². The minimum atomic E-state index is -0.0454. The molecule has 0 aliphatic rings. The fraction of sp³-hybridized carbons (Fsp3) is 0.667. The lowest BCUT2D eigenvalue weighted by atomic mass is 10.5. The molecule has 1 rings (SSSR count). The predicted molar refractivity (Wildman–Crippen MR) is 42.8 cm³/mol. The maximum absolute atomic E-state index is 11.0. The summed E-state index contributed by atoms with van der Waals surface area (Å²) in [4.78, 5) is 10.9. The van der Waals surface area contributed by atoms with Crippen LogP contribution in [0.2, 0.25) is 0 Å². The largest absolute Gasteiger partial charge is 0.396 e. The van der Waals surface area contributed by atoms with E-state index in [1.165, 1.54) is 4.68 Å². The van der Waals surface area contributed by atoms with Crippen LogP contribution in [0, 0.1) is 6.92 Å². The zero-order valence-electron chi connectivity index (χ0n) is 6.28. The molecule has 0 bridgehead atoms. The number of aryl methyl sites for hydroxylation is 2. The van der Waals surface area contributed by atoms with Crippen LogP contribution in [0.25, 0.3) is 0 Å². The van der Waals surface area contributed by atoms with Crippen LogP contribution in [0.1, 0.15) is 11.4 Å². The van der Waals surface area contributed by atoms with Gasteiger partial charge >= 0.3 is 4.87 Å². The van der Waals surface area contributed by atoms with Gasteiger partial charge in [0.25, 0.3) is 0 Å². The molecule has 0 spiro atoms. The van der Waals surface area contributed by atoms with Crippen molar-refractivity contribution in [2.75, 3.05) is 6.61 Å². The summed E-state index contributed by atoms with van der Waals surface area (Å²) in [6.07, 6.45) is 0.586. The second-order valence-electron chi connectivity index (χ2n) is 2.19. The van der Waals surface area contributed by atoms with Crippen molar-refractivity contribution >= 4 is 11.3 Å². The topological polar surface area (TPSA) is 55.1 Å². The third kappa shape index (κ3) is 2.13. The van der Waals surface area contributed by atoms with Crippen molar-refractivity contribution < 1.29 is 5.11 Å². The zero-order valence-corrected chi connectivity index (χ0v) is 7.10. The van der Waals surface area contributed by atoms with Crippen molar-refractivity contribution in [3.63, 3.8) is 0 Å². The maximum atomic E-state index is 11.0. The molecular formula is C6H10N2O2S. The summed E-state index contributed by atoms with van der Waals surface area (Å²) in [5, 5.41) is 13.2. The molecule has 0 amide bonds. The van der Waals surface area contributed by atoms with E-state index in [4.69, 9.17) is 5.11 Å². The van der Waals surface area contributed by atoms with Crippen molar-refractivity contribution in [2.45, 2.75) is 19.9 Å². The van der Waals surface area contributed by atoms with Crippen LogP contribution in [0.3, 0.4) is 0 Å². The highest BCUT2D eigenvalue weighted by Gasteiger charge is 2.00. The molecule has 1 aromatic rings. The molecule has 0 saturated heterocycles. The first-order valence-corrected chi connectivity index (χ1v) is 4.21. The number of rotatable bonds is 3. The Kier molecular flexibility index (Phi) is 2.78. The molecule has 0 unspecified atom stereocenters. The van der Waals surface area contributed by atoms with Crippen LogP contribution in [0.4, 0.5) is 0 Å². The third-order valence-electron chi connectivity index (χ3n) is 1.24. The molecule has 0 radical (unpaired) electrons. The number of aliphatic hydroxyl groups is 1. The minimum Gasteiger partial charge on any atom is -0.396 e. The normalized spacial score (nSPS) is 10.4. The van der Waals surface area contributed by atoms with Crippen molar-refractivity contribution in [3.8, 4) is 0 Å². The van der Waals surface area contributed by atoms with Crippen LogP contribution in [-0.4, -0.2) is 21.5 Å². The predicted octanol–water partition coefficient (Wildman–Crippen LogP) is -0.00438. The second-order valence-corrected chi connectivity index (χ2v) is 3.33. The molecule has 62 valence electrons. The number of aliphatic hydroxyl groups excluding tert-OH is 1. The Morgan fingerprint density at radius 2 is 2.45 bits per heavy atom. The van der Waals surface area contributed by atoms with E-state index in [2.05, 4.69) is 5.10 Å². The van der Waals surface area contributed by atoms with Gasteiger partial charge in [-0.2, -0.15) is 5.10 Å². The van der Waals surface area contributed by atoms with E-state index in [-0.39, 0.29) is 11.5 Å². The second kappa shape index (κ2) is 3.64. The lowest BCUT2D eigenvalue weighted by molar-refractivity contribution is 0.276. The van der Waals surface area contributed by atoms with E-state index in [9.17, 15) is 4.79 Å². The lowest BCUT2D eigenvalue weighted by Crippen LogP contribution is -2.15. The highest BCUT2D eigenvalue weighted by atomic mass is 32.1. The molecule has 1 aromatic heterocycles. The van der Waals surface area contributed by atoms with E-state index in [1.54, 1.807) is 6.92 Å². The molecule has 0 fully saturated rings. The van der Waals surface area contributed by atoms with Crippen LogP contribution in [0.15, 0.2) is 4.79 Å². The van der Waals surface area contributed by atoms with E-state index >= 15 is 0 Å². The molecule has 1 N–H and O–H groups in total. The summed E-state index contributed by atoms with van der Waals surface area (Å²) in [5.74, 6) is 0. The molecule has 0 saturated carbocycles. The highest BCUT2D eigenvalue weighted by molar-refractivity contribution is 7.08. The van der Waals surface area contributed by atoms with Gasteiger partial charge in [-0.25, -0.2) is 4.68 Å². The van der Waals surface area contributed by atoms with Gasteiger partial charge in [-0.05, 0) is 13.3 Å². The molecule has 0 aliphatic heterocycles. The van der Waals surface area contributed by atoms with Gasteiger partial charge in [-0.15, -0.1) is 0 Å². The van der Waals surface area contributed by atoms with Gasteiger partial charge in [-0.1, -0.05) is 11.3 Å². The Bertz CT molecular complexity index is 278. The van der Waals surface area contributed by atoms with Gasteiger partial charge in [0.15, 0.2) is 0 Å². The van der Waals surface area contributed by atoms with Crippen molar-refractivity contribution in [1.29, 1.82) is 0 Å². The lowest BCUT2D eigenvalue weighted by Gasteiger charge is -1.94. The summed E-state index contributed by atoms with van der Waals surface area (Å²) >= 11 is 1.13. The van der Waals surface area contributed by atoms with Gasteiger partial charge in [-0.3, -0.25) is 4.79 Å². The third-order valence-corrected chi connectivity index (χ3v) is 2.00. The Hall–Kier alpha value is -0.680. The SMILES string of the molecule is Cc1nn(CCCO)c(=O)s1. The monoisotopic (exact) mass is 174 g/mol. The molecule has 0 atom stereocenters. The first-order chi connectivity index (χ1) is 5.24. The van der Waals surface area contributed by atoms with Gasteiger partial charge in [0.2, 0.25) is 0 Å². The van der Waals surface area contributed by atoms with Crippen LogP contribution in [-0.2, 0) is 6.54 Å². The molecule has 4 nitrogen and oxygen atoms in total. The van der Waals surface area contributed by atoms with Gasteiger partial charge < -0.3 is 5.11 Å². The number of hydrogen-bond donors (Lipinski definition) is 1. The first-order valence-electron chi connectivity index (χ1n) is 3.39. The van der Waals surface area contributed by atoms with Crippen LogP contribution in [0.5, 0.6) is 0 Å². The zero-order chi connectivity index (χ0) is 8.27. The molecule has 1 heterocycles. The average molecular weight is 174 g/mol. The van der Waals surface area contributed by atoms with Crippen molar-refractivity contribution in [3.05, 3.63) is 14.7 Å². The molecule has 0 aliphatic carbocycles. The van der Waals surface area contributed by atoms with Crippen LogP contribution < -0.4 is 4.87 Å². The van der Waals surface area contributed by atoms with Crippen molar-refractivity contribution in [2.24, 2.45) is 0 Å². The summed E-state index contributed by atoms with van der Waals surface area (Å²) in [5.41, 5.74) is 0. The smallest absolute Gasteiger partial charge is 0.325 e. The quantitative estimate of drug-likeness (QED) is 0.701. The molecule has 11 heavy (non-hydrogen) atoms. The Morgan fingerprint density at radius 1 is 1.73 bits per heavy atom. The first kappa shape index (κ1) is 8.42. The van der Waals surface area contributed by atoms with Crippen molar-refractivity contribution in [1.82, 2.24) is 9.78 Å². The van der Waals surface area contributed by atoms with Gasteiger partial charge in [0, 0.05) is 13.2 Å². The fourth-order valence-electron chi connectivity index (χ4n) is 0.772. The maximum Gasteiger partial charge on any atom is 0.325 e. The minimum absolute atomic E-state index is 0.0454. The van der Waals surface area contributed by atoms with E-state index in [0.717, 1.165) is 16.3 Å². The summed E-state index contributed by atoms with van der Waals surface area (Å²) in [6.45, 7) is 2.41. The summed E-state index contributed by atoms with van der Waals surface area (Å²) < 4.78 is 1.39. The van der Waals surface area contributed by atoms with Crippen LogP contribution >= 0.6 is 11.3 Å². The molecule has 0 aromatic carbocycles. The molecule has 5 heteroatoms. The molecular weight excluding hydrogens is 164 g/mol.